The zero-order valence-corrected chi connectivity index (χ0v) is 11.1. The van der Waals surface area contributed by atoms with Crippen molar-refractivity contribution < 1.29 is 5.11 Å². The molecule has 1 aromatic heterocycles. The van der Waals surface area contributed by atoms with Gasteiger partial charge in [-0.15, -0.1) is 0 Å². The van der Waals surface area contributed by atoms with E-state index in [-0.39, 0.29) is 6.61 Å². The Kier molecular flexibility index (Phi) is 3.67. The highest BCUT2D eigenvalue weighted by Crippen LogP contribution is 2.31. The van der Waals surface area contributed by atoms with Crippen LogP contribution in [-0.2, 0) is 0 Å². The molecule has 4 nitrogen and oxygen atoms in total. The van der Waals surface area contributed by atoms with E-state index >= 15 is 0 Å². The molecule has 0 saturated heterocycles. The number of aryl methyl sites for hydroxylation is 1. The Morgan fingerprint density at radius 1 is 1.28 bits per heavy atom. The summed E-state index contributed by atoms with van der Waals surface area (Å²) in [7, 11) is 3.86. The van der Waals surface area contributed by atoms with E-state index in [0.717, 1.165) is 28.0 Å². The minimum absolute atomic E-state index is 0.124. The van der Waals surface area contributed by atoms with Gasteiger partial charge in [0.25, 0.3) is 0 Å². The van der Waals surface area contributed by atoms with Crippen molar-refractivity contribution in [2.75, 3.05) is 37.5 Å². The van der Waals surface area contributed by atoms with Crippen LogP contribution in [0.5, 0.6) is 0 Å². The molecule has 2 N–H and O–H groups in total. The number of aliphatic hydroxyl groups is 1. The summed E-state index contributed by atoms with van der Waals surface area (Å²) in [4.78, 5) is 6.62. The zero-order chi connectivity index (χ0) is 13.1. The molecule has 1 aromatic carbocycles. The van der Waals surface area contributed by atoms with Gasteiger partial charge in [-0.25, -0.2) is 4.98 Å². The molecule has 0 aliphatic rings. The number of nitrogens with zero attached hydrogens (tertiary/aromatic N) is 2. The highest BCUT2D eigenvalue weighted by Gasteiger charge is 2.12. The van der Waals surface area contributed by atoms with Crippen molar-refractivity contribution in [2.45, 2.75) is 6.92 Å². The quantitative estimate of drug-likeness (QED) is 0.865. The summed E-state index contributed by atoms with van der Waals surface area (Å²) in [5.41, 5.74) is 2.03. The fraction of sp³-hybridized carbons (Fsp3) is 0.357. The monoisotopic (exact) mass is 245 g/mol. The van der Waals surface area contributed by atoms with Crippen molar-refractivity contribution in [3.63, 3.8) is 0 Å². The molecule has 0 bridgehead atoms. The SMILES string of the molecule is CNc1c(C)nc(N(C)CCO)c2ccccc12. The van der Waals surface area contributed by atoms with Gasteiger partial charge in [0.1, 0.15) is 5.82 Å². The molecular formula is C14H19N3O. The third-order valence-electron chi connectivity index (χ3n) is 3.12. The fourth-order valence-corrected chi connectivity index (χ4v) is 2.23. The highest BCUT2D eigenvalue weighted by molar-refractivity contribution is 6.01. The van der Waals surface area contributed by atoms with E-state index in [1.54, 1.807) is 0 Å². The van der Waals surface area contributed by atoms with Crippen LogP contribution < -0.4 is 10.2 Å². The van der Waals surface area contributed by atoms with Crippen LogP contribution in [0.1, 0.15) is 5.69 Å². The molecule has 0 atom stereocenters. The number of hydrogen-bond donors (Lipinski definition) is 2. The van der Waals surface area contributed by atoms with E-state index in [1.807, 2.05) is 38.1 Å². The number of anilines is 2. The van der Waals surface area contributed by atoms with Crippen LogP contribution in [0.2, 0.25) is 0 Å². The first-order valence-electron chi connectivity index (χ1n) is 6.08. The predicted octanol–water partition coefficient (Wildman–Crippen LogP) is 2.01. The molecule has 2 rings (SSSR count). The van der Waals surface area contributed by atoms with Crippen molar-refractivity contribution in [3.8, 4) is 0 Å². The number of nitrogens with one attached hydrogen (secondary N) is 1. The van der Waals surface area contributed by atoms with Crippen LogP contribution in [0.25, 0.3) is 10.8 Å². The van der Waals surface area contributed by atoms with Gasteiger partial charge in [0.2, 0.25) is 0 Å². The average molecular weight is 245 g/mol. The van der Waals surface area contributed by atoms with Gasteiger partial charge in [-0.3, -0.25) is 0 Å². The fourth-order valence-electron chi connectivity index (χ4n) is 2.23. The van der Waals surface area contributed by atoms with Gasteiger partial charge in [-0.1, -0.05) is 24.3 Å². The minimum Gasteiger partial charge on any atom is -0.395 e. The van der Waals surface area contributed by atoms with E-state index in [1.165, 1.54) is 0 Å². The maximum Gasteiger partial charge on any atom is 0.136 e. The van der Waals surface area contributed by atoms with Crippen molar-refractivity contribution in [1.82, 2.24) is 4.98 Å². The summed E-state index contributed by atoms with van der Waals surface area (Å²) < 4.78 is 0. The molecule has 0 aliphatic heterocycles. The minimum atomic E-state index is 0.124. The lowest BCUT2D eigenvalue weighted by atomic mass is 10.1. The Hall–Kier alpha value is -1.81. The van der Waals surface area contributed by atoms with Crippen LogP contribution >= 0.6 is 0 Å². The predicted molar refractivity (Wildman–Crippen MR) is 76.4 cm³/mol. The summed E-state index contributed by atoms with van der Waals surface area (Å²) in [5, 5.41) is 14.5. The number of likely N-dealkylation sites (N-methyl/N-ethyl adjacent to an activating group) is 1. The zero-order valence-electron chi connectivity index (χ0n) is 11.1. The standard InChI is InChI=1S/C14H19N3O/c1-10-13(15-2)11-6-4-5-7-12(11)14(16-10)17(3)8-9-18/h4-7,15,18H,8-9H2,1-3H3. The van der Waals surface area contributed by atoms with Crippen LogP contribution in [0, 0.1) is 6.92 Å². The molecule has 0 unspecified atom stereocenters. The van der Waals surface area contributed by atoms with E-state index in [4.69, 9.17) is 5.11 Å². The normalized spacial score (nSPS) is 10.7. The third kappa shape index (κ3) is 2.11. The van der Waals surface area contributed by atoms with Crippen LogP contribution in [0.15, 0.2) is 24.3 Å². The smallest absolute Gasteiger partial charge is 0.136 e. The van der Waals surface area contributed by atoms with Gasteiger partial charge < -0.3 is 15.3 Å². The molecule has 96 valence electrons. The first kappa shape index (κ1) is 12.6. The average Bonchev–Trinajstić information content (AvgIpc) is 2.38. The summed E-state index contributed by atoms with van der Waals surface area (Å²) in [5.74, 6) is 0.913. The number of pyridine rings is 1. The molecule has 2 aromatic rings. The first-order valence-corrected chi connectivity index (χ1v) is 6.08. The Labute approximate surface area is 107 Å². The second-order valence-corrected chi connectivity index (χ2v) is 4.34. The van der Waals surface area contributed by atoms with Gasteiger partial charge in [0.05, 0.1) is 18.0 Å². The van der Waals surface area contributed by atoms with Crippen LogP contribution in [0.3, 0.4) is 0 Å². The molecule has 0 aliphatic carbocycles. The number of benzene rings is 1. The van der Waals surface area contributed by atoms with Gasteiger partial charge in [-0.05, 0) is 6.92 Å². The van der Waals surface area contributed by atoms with Crippen LogP contribution in [-0.4, -0.2) is 37.3 Å². The number of hydrogen-bond acceptors (Lipinski definition) is 4. The topological polar surface area (TPSA) is 48.4 Å². The molecule has 0 amide bonds. The number of rotatable bonds is 4. The van der Waals surface area contributed by atoms with E-state index in [9.17, 15) is 0 Å². The summed E-state index contributed by atoms with van der Waals surface area (Å²) in [6, 6.07) is 8.19. The molecule has 4 heteroatoms. The molecule has 1 heterocycles. The second-order valence-electron chi connectivity index (χ2n) is 4.34. The van der Waals surface area contributed by atoms with Crippen molar-refractivity contribution in [3.05, 3.63) is 30.0 Å². The Bertz CT molecular complexity index is 554. The lowest BCUT2D eigenvalue weighted by Gasteiger charge is -2.21. The lowest BCUT2D eigenvalue weighted by molar-refractivity contribution is 0.304. The van der Waals surface area contributed by atoms with E-state index < -0.39 is 0 Å². The Morgan fingerprint density at radius 3 is 2.56 bits per heavy atom. The number of aromatic nitrogens is 1. The number of aliphatic hydroxyl groups excluding tert-OH is 1. The van der Waals surface area contributed by atoms with E-state index in [0.29, 0.717) is 6.54 Å². The van der Waals surface area contributed by atoms with Gasteiger partial charge in [-0.2, -0.15) is 0 Å². The molecule has 0 radical (unpaired) electrons. The molecular weight excluding hydrogens is 226 g/mol. The van der Waals surface area contributed by atoms with Crippen molar-refractivity contribution in [2.24, 2.45) is 0 Å². The third-order valence-corrected chi connectivity index (χ3v) is 3.12. The highest BCUT2D eigenvalue weighted by atomic mass is 16.3. The second kappa shape index (κ2) is 5.23. The molecule has 18 heavy (non-hydrogen) atoms. The Balaban J connectivity index is 2.68. The first-order chi connectivity index (χ1) is 8.69. The number of fused-ring (bicyclic) bond motifs is 1. The largest absolute Gasteiger partial charge is 0.395 e. The maximum absolute atomic E-state index is 9.06. The summed E-state index contributed by atoms with van der Waals surface area (Å²) in [6.07, 6.45) is 0. The lowest BCUT2D eigenvalue weighted by Crippen LogP contribution is -2.23. The van der Waals surface area contributed by atoms with Gasteiger partial charge in [0.15, 0.2) is 0 Å². The Morgan fingerprint density at radius 2 is 1.94 bits per heavy atom. The summed E-state index contributed by atoms with van der Waals surface area (Å²) >= 11 is 0. The molecule has 0 spiro atoms. The molecule has 0 saturated carbocycles. The maximum atomic E-state index is 9.06. The summed E-state index contributed by atoms with van der Waals surface area (Å²) in [6.45, 7) is 2.70. The van der Waals surface area contributed by atoms with Crippen molar-refractivity contribution in [1.29, 1.82) is 0 Å². The van der Waals surface area contributed by atoms with Crippen LogP contribution in [0.4, 0.5) is 11.5 Å². The van der Waals surface area contributed by atoms with Gasteiger partial charge >= 0.3 is 0 Å². The molecule has 0 fully saturated rings. The van der Waals surface area contributed by atoms with E-state index in [2.05, 4.69) is 22.4 Å². The van der Waals surface area contributed by atoms with Gasteiger partial charge in [0, 0.05) is 31.4 Å². The van der Waals surface area contributed by atoms with Crippen molar-refractivity contribution >= 4 is 22.3 Å².